The van der Waals surface area contributed by atoms with Gasteiger partial charge in [-0.3, -0.25) is 9.69 Å². The molecule has 8 nitrogen and oxygen atoms in total. The molecule has 0 saturated carbocycles. The Kier molecular flexibility index (Phi) is 6.95. The maximum atomic E-state index is 12.2. The first-order valence-electron chi connectivity index (χ1n) is 9.04. The zero-order chi connectivity index (χ0) is 18.9. The van der Waals surface area contributed by atoms with Crippen LogP contribution >= 0.6 is 0 Å². The summed E-state index contributed by atoms with van der Waals surface area (Å²) in [6.07, 6.45) is 0. The van der Waals surface area contributed by atoms with Crippen LogP contribution < -0.4 is 15.4 Å². The highest BCUT2D eigenvalue weighted by Crippen LogP contribution is 2.18. The van der Waals surface area contributed by atoms with Crippen LogP contribution in [-0.2, 0) is 11.3 Å². The molecule has 27 heavy (non-hydrogen) atoms. The van der Waals surface area contributed by atoms with Gasteiger partial charge in [0, 0.05) is 38.3 Å². The Labute approximate surface area is 158 Å². The van der Waals surface area contributed by atoms with E-state index in [0.29, 0.717) is 24.6 Å². The number of rotatable bonds is 8. The van der Waals surface area contributed by atoms with Gasteiger partial charge < -0.3 is 20.1 Å². The van der Waals surface area contributed by atoms with Crippen LogP contribution in [0.5, 0.6) is 5.75 Å². The molecule has 0 aliphatic carbocycles. The van der Waals surface area contributed by atoms with Crippen LogP contribution in [0.4, 0.5) is 5.82 Å². The second kappa shape index (κ2) is 9.84. The standard InChI is InChI=1S/C19H25N5O3/c1-26-17-5-3-2-4-15(17)14-21-18-7-6-16(22-23-18)19(25)20-8-9-24-10-12-27-13-11-24/h2-7H,8-14H2,1H3,(H,20,25)(H,21,23). The van der Waals surface area contributed by atoms with Crippen molar-refractivity contribution in [3.63, 3.8) is 0 Å². The van der Waals surface area contributed by atoms with Gasteiger partial charge >= 0.3 is 0 Å². The van der Waals surface area contributed by atoms with Gasteiger partial charge in [0.25, 0.3) is 5.91 Å². The third kappa shape index (κ3) is 5.63. The van der Waals surface area contributed by atoms with Gasteiger partial charge in [0.05, 0.1) is 20.3 Å². The van der Waals surface area contributed by atoms with E-state index >= 15 is 0 Å². The van der Waals surface area contributed by atoms with E-state index in [1.165, 1.54) is 0 Å². The van der Waals surface area contributed by atoms with E-state index in [2.05, 4.69) is 25.7 Å². The van der Waals surface area contributed by atoms with Crippen molar-refractivity contribution in [1.29, 1.82) is 0 Å². The number of hydrogen-bond donors (Lipinski definition) is 2. The first kappa shape index (κ1) is 19.1. The molecule has 0 unspecified atom stereocenters. The summed E-state index contributed by atoms with van der Waals surface area (Å²) in [5, 5.41) is 14.1. The van der Waals surface area contributed by atoms with Gasteiger partial charge in [-0.2, -0.15) is 0 Å². The summed E-state index contributed by atoms with van der Waals surface area (Å²) in [6, 6.07) is 11.2. The Morgan fingerprint density at radius 2 is 2.00 bits per heavy atom. The van der Waals surface area contributed by atoms with Gasteiger partial charge in [-0.15, -0.1) is 10.2 Å². The van der Waals surface area contributed by atoms with Crippen LogP contribution in [0.15, 0.2) is 36.4 Å². The molecule has 0 radical (unpaired) electrons. The first-order valence-corrected chi connectivity index (χ1v) is 9.04. The molecule has 1 fully saturated rings. The highest BCUT2D eigenvalue weighted by Gasteiger charge is 2.12. The van der Waals surface area contributed by atoms with Gasteiger partial charge in [-0.05, 0) is 18.2 Å². The summed E-state index contributed by atoms with van der Waals surface area (Å²) in [6.45, 7) is 5.26. The van der Waals surface area contributed by atoms with E-state index in [9.17, 15) is 4.79 Å². The lowest BCUT2D eigenvalue weighted by molar-refractivity contribution is 0.0383. The van der Waals surface area contributed by atoms with Crippen molar-refractivity contribution < 1.29 is 14.3 Å². The number of carbonyl (C=O) groups is 1. The number of methoxy groups -OCH3 is 1. The fourth-order valence-corrected chi connectivity index (χ4v) is 2.83. The average Bonchev–Trinajstić information content (AvgIpc) is 2.73. The lowest BCUT2D eigenvalue weighted by atomic mass is 10.2. The lowest BCUT2D eigenvalue weighted by Crippen LogP contribution is -2.41. The highest BCUT2D eigenvalue weighted by atomic mass is 16.5. The maximum absolute atomic E-state index is 12.2. The predicted molar refractivity (Wildman–Crippen MR) is 102 cm³/mol. The van der Waals surface area contributed by atoms with Gasteiger partial charge in [0.2, 0.25) is 0 Å². The largest absolute Gasteiger partial charge is 0.496 e. The van der Waals surface area contributed by atoms with Gasteiger partial charge in [-0.25, -0.2) is 0 Å². The zero-order valence-corrected chi connectivity index (χ0v) is 15.5. The minimum absolute atomic E-state index is 0.216. The SMILES string of the molecule is COc1ccccc1CNc1ccc(C(=O)NCCN2CCOCC2)nn1. The van der Waals surface area contributed by atoms with Gasteiger partial charge in [-0.1, -0.05) is 18.2 Å². The molecule has 2 N–H and O–H groups in total. The number of amides is 1. The molecule has 1 aromatic heterocycles. The smallest absolute Gasteiger partial charge is 0.271 e. The summed E-state index contributed by atoms with van der Waals surface area (Å²) in [5.41, 5.74) is 1.33. The van der Waals surface area contributed by atoms with Crippen molar-refractivity contribution >= 4 is 11.7 Å². The molecule has 0 spiro atoms. The highest BCUT2D eigenvalue weighted by molar-refractivity contribution is 5.92. The third-order valence-electron chi connectivity index (χ3n) is 4.37. The number of ether oxygens (including phenoxy) is 2. The normalized spacial score (nSPS) is 14.6. The molecule has 1 aromatic carbocycles. The number of morpholine rings is 1. The number of nitrogens with zero attached hydrogens (tertiary/aromatic N) is 3. The van der Waals surface area contributed by atoms with Crippen LogP contribution in [0.2, 0.25) is 0 Å². The zero-order valence-electron chi connectivity index (χ0n) is 15.5. The van der Waals surface area contributed by atoms with Crippen LogP contribution in [0.3, 0.4) is 0 Å². The lowest BCUT2D eigenvalue weighted by Gasteiger charge is -2.26. The van der Waals surface area contributed by atoms with Crippen molar-refractivity contribution in [2.24, 2.45) is 0 Å². The fraction of sp³-hybridized carbons (Fsp3) is 0.421. The summed E-state index contributed by atoms with van der Waals surface area (Å²) >= 11 is 0. The number of carbonyl (C=O) groups excluding carboxylic acids is 1. The molecule has 1 aliphatic rings. The topological polar surface area (TPSA) is 88.6 Å². The molecule has 8 heteroatoms. The van der Waals surface area contributed by atoms with Crippen LogP contribution in [0, 0.1) is 0 Å². The van der Waals surface area contributed by atoms with E-state index in [4.69, 9.17) is 9.47 Å². The second-order valence-corrected chi connectivity index (χ2v) is 6.18. The van der Waals surface area contributed by atoms with Crippen molar-refractivity contribution in [3.05, 3.63) is 47.7 Å². The van der Waals surface area contributed by atoms with Crippen LogP contribution in [-0.4, -0.2) is 67.5 Å². The molecule has 0 bridgehead atoms. The summed E-state index contributed by atoms with van der Waals surface area (Å²) < 4.78 is 10.6. The molecule has 1 aliphatic heterocycles. The van der Waals surface area contributed by atoms with Gasteiger partial charge in [0.15, 0.2) is 5.69 Å². The van der Waals surface area contributed by atoms with E-state index in [-0.39, 0.29) is 5.91 Å². The quantitative estimate of drug-likeness (QED) is 0.720. The average molecular weight is 371 g/mol. The number of nitrogens with one attached hydrogen (secondary N) is 2. The molecule has 2 heterocycles. The monoisotopic (exact) mass is 371 g/mol. The van der Waals surface area contributed by atoms with E-state index < -0.39 is 0 Å². The Morgan fingerprint density at radius 3 is 2.74 bits per heavy atom. The number of benzene rings is 1. The second-order valence-electron chi connectivity index (χ2n) is 6.18. The fourth-order valence-electron chi connectivity index (χ4n) is 2.83. The summed E-state index contributed by atoms with van der Waals surface area (Å²) in [7, 11) is 1.64. The minimum Gasteiger partial charge on any atom is -0.496 e. The molecular weight excluding hydrogens is 346 g/mol. The van der Waals surface area contributed by atoms with E-state index in [0.717, 1.165) is 44.2 Å². The van der Waals surface area contributed by atoms with Crippen molar-refractivity contribution in [3.8, 4) is 5.75 Å². The Hall–Kier alpha value is -2.71. The number of para-hydroxylation sites is 1. The Morgan fingerprint density at radius 1 is 1.19 bits per heavy atom. The molecule has 0 atom stereocenters. The van der Waals surface area contributed by atoms with Gasteiger partial charge in [0.1, 0.15) is 11.6 Å². The Bertz CT molecular complexity index is 732. The molecule has 1 saturated heterocycles. The van der Waals surface area contributed by atoms with Crippen molar-refractivity contribution in [2.75, 3.05) is 51.8 Å². The van der Waals surface area contributed by atoms with E-state index in [1.54, 1.807) is 19.2 Å². The summed E-state index contributed by atoms with van der Waals surface area (Å²) in [5.74, 6) is 1.20. The molecule has 3 rings (SSSR count). The Balaban J connectivity index is 1.45. The first-order chi connectivity index (χ1) is 13.3. The molecule has 2 aromatic rings. The minimum atomic E-state index is -0.216. The molecule has 1 amide bonds. The van der Waals surface area contributed by atoms with E-state index in [1.807, 2.05) is 24.3 Å². The maximum Gasteiger partial charge on any atom is 0.271 e. The number of hydrogen-bond acceptors (Lipinski definition) is 7. The number of aromatic nitrogens is 2. The molecule has 144 valence electrons. The predicted octanol–water partition coefficient (Wildman–Crippen LogP) is 1.16. The third-order valence-corrected chi connectivity index (χ3v) is 4.37. The molecular formula is C19H25N5O3. The number of anilines is 1. The summed E-state index contributed by atoms with van der Waals surface area (Å²) in [4.78, 5) is 14.4. The van der Waals surface area contributed by atoms with Crippen molar-refractivity contribution in [2.45, 2.75) is 6.54 Å². The van der Waals surface area contributed by atoms with Crippen LogP contribution in [0.1, 0.15) is 16.1 Å². The van der Waals surface area contributed by atoms with Crippen LogP contribution in [0.25, 0.3) is 0 Å². The van der Waals surface area contributed by atoms with Crippen molar-refractivity contribution in [1.82, 2.24) is 20.4 Å².